The molecule has 0 aliphatic carbocycles. The van der Waals surface area contributed by atoms with Crippen LogP contribution in [0.1, 0.15) is 12.8 Å². The lowest BCUT2D eigenvalue weighted by Crippen LogP contribution is -2.54. The Morgan fingerprint density at radius 2 is 1.78 bits per heavy atom. The zero-order valence-corrected chi connectivity index (χ0v) is 11.2. The first-order valence-electron chi connectivity index (χ1n) is 6.33. The topological polar surface area (TPSA) is 82.1 Å². The molecule has 8 heteroatoms. The Kier molecular flexibility index (Phi) is 4.93. The van der Waals surface area contributed by atoms with Gasteiger partial charge in [-0.25, -0.2) is 5.01 Å². The molecule has 2 heterocycles. The third-order valence-corrected chi connectivity index (χ3v) is 4.96. The molecule has 18 heavy (non-hydrogen) atoms. The van der Waals surface area contributed by atoms with E-state index in [1.54, 1.807) is 5.01 Å². The van der Waals surface area contributed by atoms with Gasteiger partial charge < -0.3 is 9.84 Å². The molecule has 0 aromatic heterocycles. The predicted octanol–water partition coefficient (Wildman–Crippen LogP) is -1.23. The first kappa shape index (κ1) is 14.2. The third kappa shape index (κ3) is 3.62. The maximum Gasteiger partial charge on any atom is 0.292 e. The van der Waals surface area contributed by atoms with E-state index in [0.29, 0.717) is 39.4 Å². The van der Waals surface area contributed by atoms with Crippen LogP contribution in [0.3, 0.4) is 0 Å². The van der Waals surface area contributed by atoms with E-state index in [0.717, 1.165) is 12.8 Å². The maximum atomic E-state index is 12.1. The first-order chi connectivity index (χ1) is 8.62. The second kappa shape index (κ2) is 6.27. The highest BCUT2D eigenvalue weighted by molar-refractivity contribution is 7.87. The van der Waals surface area contributed by atoms with Gasteiger partial charge in [0, 0.05) is 32.8 Å². The highest BCUT2D eigenvalue weighted by atomic mass is 32.2. The fraction of sp³-hybridized carbons (Fsp3) is 1.00. The molecule has 2 N–H and O–H groups in total. The SMILES string of the molecule is O=S(=O)(NN1CCOCC1)N1CCC(CO)CC1. The Labute approximate surface area is 108 Å². The highest BCUT2D eigenvalue weighted by Crippen LogP contribution is 2.18. The molecule has 0 aromatic rings. The van der Waals surface area contributed by atoms with E-state index in [-0.39, 0.29) is 12.5 Å². The molecule has 0 saturated carbocycles. The highest BCUT2D eigenvalue weighted by Gasteiger charge is 2.29. The van der Waals surface area contributed by atoms with Crippen LogP contribution in [0.25, 0.3) is 0 Å². The fourth-order valence-corrected chi connectivity index (χ4v) is 3.52. The van der Waals surface area contributed by atoms with Crippen molar-refractivity contribution in [3.05, 3.63) is 0 Å². The average Bonchev–Trinajstić information content (AvgIpc) is 2.39. The van der Waals surface area contributed by atoms with Crippen molar-refractivity contribution in [2.75, 3.05) is 46.0 Å². The number of rotatable bonds is 4. The molecule has 0 radical (unpaired) electrons. The van der Waals surface area contributed by atoms with E-state index in [2.05, 4.69) is 4.83 Å². The minimum atomic E-state index is -3.44. The van der Waals surface area contributed by atoms with Gasteiger partial charge in [-0.2, -0.15) is 12.7 Å². The molecule has 0 unspecified atom stereocenters. The van der Waals surface area contributed by atoms with Gasteiger partial charge in [-0.05, 0) is 18.8 Å². The zero-order chi connectivity index (χ0) is 13.0. The van der Waals surface area contributed by atoms with Crippen LogP contribution in [0, 0.1) is 5.92 Å². The van der Waals surface area contributed by atoms with Crippen molar-refractivity contribution < 1.29 is 18.3 Å². The van der Waals surface area contributed by atoms with Gasteiger partial charge >= 0.3 is 0 Å². The number of hydrazine groups is 1. The molecule has 0 bridgehead atoms. The summed E-state index contributed by atoms with van der Waals surface area (Å²) in [6, 6.07) is 0. The van der Waals surface area contributed by atoms with Gasteiger partial charge in [0.05, 0.1) is 13.2 Å². The summed E-state index contributed by atoms with van der Waals surface area (Å²) in [6.45, 7) is 3.35. The van der Waals surface area contributed by atoms with Crippen LogP contribution >= 0.6 is 0 Å². The maximum absolute atomic E-state index is 12.1. The molecule has 2 aliphatic heterocycles. The van der Waals surface area contributed by atoms with E-state index in [9.17, 15) is 8.42 Å². The minimum absolute atomic E-state index is 0.144. The summed E-state index contributed by atoms with van der Waals surface area (Å²) >= 11 is 0. The van der Waals surface area contributed by atoms with Crippen molar-refractivity contribution in [2.24, 2.45) is 5.92 Å². The Hall–Kier alpha value is -0.250. The van der Waals surface area contributed by atoms with E-state index in [4.69, 9.17) is 9.84 Å². The molecule has 0 aromatic carbocycles. The lowest BCUT2D eigenvalue weighted by Gasteiger charge is -2.33. The normalized spacial score (nSPS) is 25.4. The third-order valence-electron chi connectivity index (χ3n) is 3.43. The quantitative estimate of drug-likeness (QED) is 0.673. The molecule has 0 amide bonds. The minimum Gasteiger partial charge on any atom is -0.396 e. The van der Waals surface area contributed by atoms with Crippen LogP contribution in [-0.4, -0.2) is 68.8 Å². The van der Waals surface area contributed by atoms with E-state index in [1.807, 2.05) is 0 Å². The van der Waals surface area contributed by atoms with Gasteiger partial charge in [0.2, 0.25) is 0 Å². The molecule has 0 atom stereocenters. The molecule has 0 spiro atoms. The Balaban J connectivity index is 1.86. The standard InChI is InChI=1S/C10H21N3O4S/c14-9-10-1-3-13(4-2-10)18(15,16)11-12-5-7-17-8-6-12/h10-11,14H,1-9H2. The van der Waals surface area contributed by atoms with Gasteiger partial charge in [0.15, 0.2) is 0 Å². The Morgan fingerprint density at radius 3 is 2.33 bits per heavy atom. The summed E-state index contributed by atoms with van der Waals surface area (Å²) in [6.07, 6.45) is 1.45. The van der Waals surface area contributed by atoms with Crippen molar-refractivity contribution in [3.8, 4) is 0 Å². The molecule has 7 nitrogen and oxygen atoms in total. The van der Waals surface area contributed by atoms with E-state index < -0.39 is 10.2 Å². The number of aliphatic hydroxyl groups is 1. The van der Waals surface area contributed by atoms with Crippen LogP contribution in [-0.2, 0) is 14.9 Å². The lowest BCUT2D eigenvalue weighted by molar-refractivity contribution is 0.0258. The van der Waals surface area contributed by atoms with Gasteiger partial charge in [0.25, 0.3) is 10.2 Å². The molecule has 2 aliphatic rings. The first-order valence-corrected chi connectivity index (χ1v) is 7.77. The number of aliphatic hydroxyl groups excluding tert-OH is 1. The number of hydrogen-bond donors (Lipinski definition) is 2. The van der Waals surface area contributed by atoms with Gasteiger partial charge in [-0.1, -0.05) is 0 Å². The Bertz CT molecular complexity index is 348. The number of hydrogen-bond acceptors (Lipinski definition) is 5. The Morgan fingerprint density at radius 1 is 1.17 bits per heavy atom. The molecule has 2 rings (SSSR count). The summed E-state index contributed by atoms with van der Waals surface area (Å²) in [5, 5.41) is 10.7. The van der Waals surface area contributed by atoms with Crippen LogP contribution in [0.2, 0.25) is 0 Å². The number of nitrogens with zero attached hydrogens (tertiary/aromatic N) is 2. The molecule has 2 saturated heterocycles. The summed E-state index contributed by atoms with van der Waals surface area (Å²) in [5.74, 6) is 0.236. The predicted molar refractivity (Wildman–Crippen MR) is 65.8 cm³/mol. The van der Waals surface area contributed by atoms with E-state index >= 15 is 0 Å². The monoisotopic (exact) mass is 279 g/mol. The van der Waals surface area contributed by atoms with Gasteiger partial charge in [0.1, 0.15) is 0 Å². The molecular formula is C10H21N3O4S. The summed E-state index contributed by atoms with van der Waals surface area (Å²) in [4.78, 5) is 2.59. The molecule has 2 fully saturated rings. The van der Waals surface area contributed by atoms with Crippen molar-refractivity contribution in [1.82, 2.24) is 14.1 Å². The van der Waals surface area contributed by atoms with Crippen LogP contribution < -0.4 is 4.83 Å². The fourth-order valence-electron chi connectivity index (χ4n) is 2.21. The van der Waals surface area contributed by atoms with Crippen molar-refractivity contribution >= 4 is 10.2 Å². The summed E-state index contributed by atoms with van der Waals surface area (Å²) < 4.78 is 30.9. The molecule has 106 valence electrons. The smallest absolute Gasteiger partial charge is 0.292 e. The van der Waals surface area contributed by atoms with Gasteiger partial charge in [-0.3, -0.25) is 0 Å². The lowest BCUT2D eigenvalue weighted by atomic mass is 10.00. The van der Waals surface area contributed by atoms with Crippen molar-refractivity contribution in [1.29, 1.82) is 0 Å². The van der Waals surface area contributed by atoms with E-state index in [1.165, 1.54) is 4.31 Å². The number of nitrogens with one attached hydrogen (secondary N) is 1. The zero-order valence-electron chi connectivity index (χ0n) is 10.4. The second-order valence-electron chi connectivity index (χ2n) is 4.72. The average molecular weight is 279 g/mol. The van der Waals surface area contributed by atoms with Crippen molar-refractivity contribution in [3.63, 3.8) is 0 Å². The van der Waals surface area contributed by atoms with Gasteiger partial charge in [-0.15, -0.1) is 4.83 Å². The largest absolute Gasteiger partial charge is 0.396 e. The number of piperidine rings is 1. The van der Waals surface area contributed by atoms with Crippen molar-refractivity contribution in [2.45, 2.75) is 12.8 Å². The summed E-state index contributed by atoms with van der Waals surface area (Å²) in [5.41, 5.74) is 0. The number of morpholine rings is 1. The van der Waals surface area contributed by atoms with Crippen LogP contribution in [0.4, 0.5) is 0 Å². The molecular weight excluding hydrogens is 258 g/mol. The second-order valence-corrected chi connectivity index (χ2v) is 6.37. The summed E-state index contributed by atoms with van der Waals surface area (Å²) in [7, 11) is -3.44. The number of ether oxygens (including phenoxy) is 1. The van der Waals surface area contributed by atoms with Crippen LogP contribution in [0.15, 0.2) is 0 Å². The van der Waals surface area contributed by atoms with Crippen LogP contribution in [0.5, 0.6) is 0 Å².